The summed E-state index contributed by atoms with van der Waals surface area (Å²) in [5.74, 6) is 0.568. The first-order valence-electron chi connectivity index (χ1n) is 8.19. The maximum Gasteiger partial charge on any atom is 0.225 e. The van der Waals surface area contributed by atoms with Crippen LogP contribution in [0.3, 0.4) is 0 Å². The van der Waals surface area contributed by atoms with Crippen molar-refractivity contribution in [3.8, 4) is 0 Å². The normalized spacial score (nSPS) is 21.0. The third-order valence-corrected chi connectivity index (χ3v) is 5.06. The number of rotatable bonds is 2. The monoisotopic (exact) mass is 300 g/mol. The van der Waals surface area contributed by atoms with Crippen molar-refractivity contribution in [2.24, 2.45) is 5.92 Å². The third-order valence-electron chi connectivity index (χ3n) is 5.06. The van der Waals surface area contributed by atoms with Gasteiger partial charge < -0.3 is 9.80 Å². The molecule has 2 heterocycles. The zero-order chi connectivity index (χ0) is 15.7. The van der Waals surface area contributed by atoms with Crippen LogP contribution in [0.4, 0.5) is 5.69 Å². The van der Waals surface area contributed by atoms with Crippen LogP contribution in [-0.4, -0.2) is 41.8 Å². The van der Waals surface area contributed by atoms with Gasteiger partial charge in [-0.05, 0) is 25.0 Å². The Balaban J connectivity index is 1.80. The maximum absolute atomic E-state index is 12.6. The van der Waals surface area contributed by atoms with Crippen LogP contribution in [0.5, 0.6) is 0 Å². The Kier molecular flexibility index (Phi) is 3.94. The van der Waals surface area contributed by atoms with E-state index in [1.807, 2.05) is 36.9 Å². The smallest absolute Gasteiger partial charge is 0.225 e. The van der Waals surface area contributed by atoms with Gasteiger partial charge in [-0.1, -0.05) is 32.0 Å². The molecule has 3 rings (SSSR count). The topological polar surface area (TPSA) is 40.6 Å². The van der Waals surface area contributed by atoms with Crippen molar-refractivity contribution in [2.45, 2.75) is 38.6 Å². The average molecular weight is 300 g/mol. The van der Waals surface area contributed by atoms with Crippen molar-refractivity contribution in [3.63, 3.8) is 0 Å². The van der Waals surface area contributed by atoms with E-state index in [4.69, 9.17) is 0 Å². The number of benzene rings is 1. The number of amides is 1. The van der Waals surface area contributed by atoms with E-state index in [1.165, 1.54) is 0 Å². The molecule has 1 spiro atoms. The van der Waals surface area contributed by atoms with Crippen molar-refractivity contribution in [3.05, 3.63) is 30.3 Å². The molecule has 0 N–H and O–H groups in total. The van der Waals surface area contributed by atoms with Crippen LogP contribution in [0.1, 0.15) is 33.1 Å². The van der Waals surface area contributed by atoms with Crippen molar-refractivity contribution in [1.82, 2.24) is 4.90 Å². The molecule has 2 saturated heterocycles. The lowest BCUT2D eigenvalue weighted by molar-refractivity contribution is -0.137. The standard InChI is InChI=1S/C18H24N2O2/c1-14(2)17(22)19-12-9-18(10-13-19)16(21)8-11-20(18)15-6-4-3-5-7-15/h3-7,14H,8-13H2,1-2H3. The van der Waals surface area contributed by atoms with Gasteiger partial charge in [0, 0.05) is 37.7 Å². The minimum atomic E-state index is -0.394. The molecule has 0 radical (unpaired) electrons. The number of para-hydroxylation sites is 1. The summed E-state index contributed by atoms with van der Waals surface area (Å²) in [6.45, 7) is 6.03. The number of ketones is 1. The van der Waals surface area contributed by atoms with E-state index in [-0.39, 0.29) is 11.8 Å². The zero-order valence-electron chi connectivity index (χ0n) is 13.4. The summed E-state index contributed by atoms with van der Waals surface area (Å²) < 4.78 is 0. The quantitative estimate of drug-likeness (QED) is 0.842. The molecule has 1 aromatic rings. The van der Waals surface area contributed by atoms with Gasteiger partial charge in [0.15, 0.2) is 5.78 Å². The van der Waals surface area contributed by atoms with E-state index >= 15 is 0 Å². The summed E-state index contributed by atoms with van der Waals surface area (Å²) in [5.41, 5.74) is 0.728. The van der Waals surface area contributed by atoms with Crippen molar-refractivity contribution in [1.29, 1.82) is 0 Å². The lowest BCUT2D eigenvalue weighted by atomic mass is 9.83. The van der Waals surface area contributed by atoms with Gasteiger partial charge in [0.1, 0.15) is 5.54 Å². The Bertz CT molecular complexity index is 560. The summed E-state index contributed by atoms with van der Waals surface area (Å²) in [7, 11) is 0. The molecule has 2 fully saturated rings. The summed E-state index contributed by atoms with van der Waals surface area (Å²) in [6, 6.07) is 10.2. The van der Waals surface area contributed by atoms with E-state index in [1.54, 1.807) is 0 Å². The van der Waals surface area contributed by atoms with Gasteiger partial charge in [0.2, 0.25) is 5.91 Å². The summed E-state index contributed by atoms with van der Waals surface area (Å²) in [4.78, 5) is 29.0. The van der Waals surface area contributed by atoms with Crippen LogP contribution in [0.15, 0.2) is 30.3 Å². The lowest BCUT2D eigenvalue weighted by Gasteiger charge is -2.45. The van der Waals surface area contributed by atoms with Gasteiger partial charge in [-0.2, -0.15) is 0 Å². The first kappa shape index (κ1) is 15.1. The van der Waals surface area contributed by atoms with Crippen molar-refractivity contribution < 1.29 is 9.59 Å². The minimum absolute atomic E-state index is 0.0264. The highest BCUT2D eigenvalue weighted by Gasteiger charge is 2.50. The van der Waals surface area contributed by atoms with Crippen LogP contribution < -0.4 is 4.90 Å². The zero-order valence-corrected chi connectivity index (χ0v) is 13.4. The second kappa shape index (κ2) is 5.75. The van der Waals surface area contributed by atoms with Crippen LogP contribution in [0, 0.1) is 5.92 Å². The number of likely N-dealkylation sites (tertiary alicyclic amines) is 1. The van der Waals surface area contributed by atoms with E-state index in [9.17, 15) is 9.59 Å². The van der Waals surface area contributed by atoms with Crippen LogP contribution in [0.25, 0.3) is 0 Å². The van der Waals surface area contributed by atoms with Gasteiger partial charge in [-0.15, -0.1) is 0 Å². The Morgan fingerprint density at radius 1 is 1.09 bits per heavy atom. The molecular formula is C18H24N2O2. The molecule has 0 saturated carbocycles. The molecule has 0 aliphatic carbocycles. The molecule has 2 aliphatic rings. The Hall–Kier alpha value is -1.84. The number of Topliss-reactive ketones (excluding diaryl/α,β-unsaturated/α-hetero) is 1. The summed E-state index contributed by atoms with van der Waals surface area (Å²) in [6.07, 6.45) is 2.12. The Morgan fingerprint density at radius 3 is 2.32 bits per heavy atom. The highest BCUT2D eigenvalue weighted by atomic mass is 16.2. The molecule has 4 nitrogen and oxygen atoms in total. The SMILES string of the molecule is CC(C)C(=O)N1CCC2(CC1)C(=O)CCN2c1ccccc1. The Labute approximate surface area is 132 Å². The van der Waals surface area contributed by atoms with Gasteiger partial charge in [0.05, 0.1) is 0 Å². The fourth-order valence-electron chi connectivity index (χ4n) is 3.81. The van der Waals surface area contributed by atoms with Crippen LogP contribution in [0.2, 0.25) is 0 Å². The Morgan fingerprint density at radius 2 is 1.73 bits per heavy atom. The molecule has 0 atom stereocenters. The van der Waals surface area contributed by atoms with Gasteiger partial charge in [-0.3, -0.25) is 9.59 Å². The van der Waals surface area contributed by atoms with E-state index in [2.05, 4.69) is 17.0 Å². The van der Waals surface area contributed by atoms with E-state index < -0.39 is 5.54 Å². The average Bonchev–Trinajstić information content (AvgIpc) is 2.85. The molecule has 0 aromatic heterocycles. The molecule has 1 aromatic carbocycles. The fourth-order valence-corrected chi connectivity index (χ4v) is 3.81. The number of piperidine rings is 1. The predicted molar refractivity (Wildman–Crippen MR) is 86.8 cm³/mol. The highest BCUT2D eigenvalue weighted by Crippen LogP contribution is 2.39. The summed E-state index contributed by atoms with van der Waals surface area (Å²) >= 11 is 0. The molecule has 4 heteroatoms. The van der Waals surface area contributed by atoms with Crippen molar-refractivity contribution >= 4 is 17.4 Å². The number of nitrogens with zero attached hydrogens (tertiary/aromatic N) is 2. The minimum Gasteiger partial charge on any atom is -0.358 e. The largest absolute Gasteiger partial charge is 0.358 e. The number of hydrogen-bond acceptors (Lipinski definition) is 3. The van der Waals surface area contributed by atoms with Crippen molar-refractivity contribution in [2.75, 3.05) is 24.5 Å². The number of anilines is 1. The fraction of sp³-hybridized carbons (Fsp3) is 0.556. The number of hydrogen-bond donors (Lipinski definition) is 0. The molecule has 118 valence electrons. The molecule has 22 heavy (non-hydrogen) atoms. The molecule has 0 bridgehead atoms. The first-order chi connectivity index (χ1) is 10.5. The number of carbonyl (C=O) groups excluding carboxylic acids is 2. The molecule has 2 aliphatic heterocycles. The molecule has 1 amide bonds. The second-order valence-electron chi connectivity index (χ2n) is 6.67. The van der Waals surface area contributed by atoms with Crippen LogP contribution in [-0.2, 0) is 9.59 Å². The van der Waals surface area contributed by atoms with Gasteiger partial charge in [-0.25, -0.2) is 0 Å². The highest BCUT2D eigenvalue weighted by molar-refractivity contribution is 5.96. The maximum atomic E-state index is 12.6. The summed E-state index contributed by atoms with van der Waals surface area (Å²) in [5, 5.41) is 0. The van der Waals surface area contributed by atoms with E-state index in [0.29, 0.717) is 25.3 Å². The second-order valence-corrected chi connectivity index (χ2v) is 6.67. The first-order valence-corrected chi connectivity index (χ1v) is 8.19. The molecular weight excluding hydrogens is 276 g/mol. The van der Waals surface area contributed by atoms with Crippen LogP contribution >= 0.6 is 0 Å². The molecule has 0 unspecified atom stereocenters. The predicted octanol–water partition coefficient (Wildman–Crippen LogP) is 2.48. The number of carbonyl (C=O) groups is 2. The van der Waals surface area contributed by atoms with Gasteiger partial charge in [0.25, 0.3) is 0 Å². The van der Waals surface area contributed by atoms with E-state index in [0.717, 1.165) is 25.1 Å². The third kappa shape index (κ3) is 2.40. The van der Waals surface area contributed by atoms with Gasteiger partial charge >= 0.3 is 0 Å². The lowest BCUT2D eigenvalue weighted by Crippen LogP contribution is -2.57.